The molecular weight excluding hydrogens is 218 g/mol. The first-order valence-corrected chi connectivity index (χ1v) is 4.66. The van der Waals surface area contributed by atoms with E-state index in [0.717, 1.165) is 5.56 Å². The molecule has 0 saturated carbocycles. The lowest BCUT2D eigenvalue weighted by molar-refractivity contribution is -0.142. The topological polar surface area (TPSA) is 56.5 Å². The van der Waals surface area contributed by atoms with Crippen LogP contribution in [0.25, 0.3) is 5.52 Å². The van der Waals surface area contributed by atoms with E-state index in [2.05, 4.69) is 10.1 Å². The van der Waals surface area contributed by atoms with E-state index in [1.807, 2.05) is 0 Å². The highest BCUT2D eigenvalue weighted by Crippen LogP contribution is 2.19. The molecule has 0 spiro atoms. The fourth-order valence-electron chi connectivity index (χ4n) is 1.27. The quantitative estimate of drug-likeness (QED) is 0.726. The Kier molecular flexibility index (Phi) is 2.55. The Bertz CT molecular complexity index is 509. The highest BCUT2D eigenvalue weighted by molar-refractivity contribution is 6.32. The van der Waals surface area contributed by atoms with E-state index < -0.39 is 0 Å². The fourth-order valence-corrected chi connectivity index (χ4v) is 1.53. The lowest BCUT2D eigenvalue weighted by atomic mass is 10.3. The smallest absolute Gasteiger partial charge is 0.302 e. The summed E-state index contributed by atoms with van der Waals surface area (Å²) in [5, 5.41) is 4.32. The highest BCUT2D eigenvalue weighted by Gasteiger charge is 2.08. The van der Waals surface area contributed by atoms with Crippen LogP contribution in [0.1, 0.15) is 12.5 Å². The van der Waals surface area contributed by atoms with E-state index >= 15 is 0 Å². The molecule has 2 heterocycles. The molecule has 2 aromatic rings. The van der Waals surface area contributed by atoms with Gasteiger partial charge in [-0.2, -0.15) is 5.10 Å². The fraction of sp³-hybridized carbons (Fsp3) is 0.222. The predicted molar refractivity (Wildman–Crippen MR) is 53.5 cm³/mol. The Balaban J connectivity index is 2.39. The summed E-state index contributed by atoms with van der Waals surface area (Å²) in [6.07, 6.45) is 3.10. The minimum atomic E-state index is -0.331. The van der Waals surface area contributed by atoms with Crippen molar-refractivity contribution in [3.8, 4) is 0 Å². The Morgan fingerprint density at radius 1 is 1.67 bits per heavy atom. The summed E-state index contributed by atoms with van der Waals surface area (Å²) in [5.41, 5.74) is 1.45. The number of rotatable bonds is 2. The van der Waals surface area contributed by atoms with E-state index in [1.165, 1.54) is 13.3 Å². The van der Waals surface area contributed by atoms with Crippen molar-refractivity contribution in [3.05, 3.63) is 29.3 Å². The van der Waals surface area contributed by atoms with Gasteiger partial charge in [0.25, 0.3) is 0 Å². The first kappa shape index (κ1) is 9.92. The Hall–Kier alpha value is -1.62. The molecule has 0 unspecified atom stereocenters. The molecule has 6 heteroatoms. The molecule has 0 bridgehead atoms. The first-order valence-electron chi connectivity index (χ1n) is 4.28. The number of hydrogen-bond acceptors (Lipinski definition) is 4. The summed E-state index contributed by atoms with van der Waals surface area (Å²) >= 11 is 5.91. The van der Waals surface area contributed by atoms with Crippen molar-refractivity contribution in [1.29, 1.82) is 0 Å². The van der Waals surface area contributed by atoms with Gasteiger partial charge < -0.3 is 4.74 Å². The molecule has 0 radical (unpaired) electrons. The van der Waals surface area contributed by atoms with Crippen LogP contribution in [0, 0.1) is 0 Å². The maximum Gasteiger partial charge on any atom is 0.302 e. The third-order valence-corrected chi connectivity index (χ3v) is 2.20. The Morgan fingerprint density at radius 2 is 2.47 bits per heavy atom. The molecular formula is C9H8ClN3O2. The summed E-state index contributed by atoms with van der Waals surface area (Å²) in [4.78, 5) is 14.5. The number of fused-ring (bicyclic) bond motifs is 1. The number of hydrogen-bond donors (Lipinski definition) is 0. The molecule has 0 aliphatic heterocycles. The average molecular weight is 226 g/mol. The summed E-state index contributed by atoms with van der Waals surface area (Å²) in [5.74, 6) is -0.331. The van der Waals surface area contributed by atoms with Crippen LogP contribution in [0.3, 0.4) is 0 Å². The second kappa shape index (κ2) is 3.86. The first-order chi connectivity index (χ1) is 7.18. The Labute approximate surface area is 90.6 Å². The van der Waals surface area contributed by atoms with Gasteiger partial charge in [0.05, 0.1) is 0 Å². The second-order valence-electron chi connectivity index (χ2n) is 2.97. The molecule has 0 fully saturated rings. The molecule has 2 aromatic heterocycles. The van der Waals surface area contributed by atoms with Gasteiger partial charge >= 0.3 is 5.97 Å². The van der Waals surface area contributed by atoms with Crippen LogP contribution in [0.15, 0.2) is 18.6 Å². The maximum atomic E-state index is 10.7. The van der Waals surface area contributed by atoms with Crippen molar-refractivity contribution in [2.24, 2.45) is 0 Å². The van der Waals surface area contributed by atoms with Crippen LogP contribution in [-0.2, 0) is 16.1 Å². The van der Waals surface area contributed by atoms with Crippen LogP contribution in [0.5, 0.6) is 0 Å². The number of esters is 1. The third kappa shape index (κ3) is 1.92. The molecule has 0 amide bonds. The summed E-state index contributed by atoms with van der Waals surface area (Å²) in [6.45, 7) is 1.54. The molecule has 0 aromatic carbocycles. The third-order valence-electron chi connectivity index (χ3n) is 1.92. The number of nitrogens with zero attached hydrogens (tertiary/aromatic N) is 3. The molecule has 0 aliphatic rings. The van der Waals surface area contributed by atoms with Crippen LogP contribution in [-0.4, -0.2) is 20.6 Å². The SMILES string of the molecule is CC(=O)OCc1ccn2ncnc(Cl)c12. The average Bonchev–Trinajstić information content (AvgIpc) is 2.59. The molecule has 15 heavy (non-hydrogen) atoms. The minimum absolute atomic E-state index is 0.179. The van der Waals surface area contributed by atoms with E-state index in [4.69, 9.17) is 16.3 Å². The maximum absolute atomic E-state index is 10.7. The number of carbonyl (C=O) groups excluding carboxylic acids is 1. The normalized spacial score (nSPS) is 10.5. The van der Waals surface area contributed by atoms with Gasteiger partial charge in [-0.25, -0.2) is 9.50 Å². The minimum Gasteiger partial charge on any atom is -0.461 e. The molecule has 0 N–H and O–H groups in total. The van der Waals surface area contributed by atoms with Gasteiger partial charge in [-0.3, -0.25) is 4.79 Å². The van der Waals surface area contributed by atoms with Gasteiger partial charge in [-0.15, -0.1) is 0 Å². The highest BCUT2D eigenvalue weighted by atomic mass is 35.5. The van der Waals surface area contributed by atoms with Gasteiger partial charge in [0.15, 0.2) is 5.15 Å². The van der Waals surface area contributed by atoms with Crippen molar-refractivity contribution < 1.29 is 9.53 Å². The largest absolute Gasteiger partial charge is 0.461 e. The van der Waals surface area contributed by atoms with Crippen LogP contribution < -0.4 is 0 Å². The van der Waals surface area contributed by atoms with Crippen molar-refractivity contribution in [3.63, 3.8) is 0 Å². The van der Waals surface area contributed by atoms with Crippen LogP contribution in [0.2, 0.25) is 5.15 Å². The van der Waals surface area contributed by atoms with Crippen molar-refractivity contribution in [2.45, 2.75) is 13.5 Å². The zero-order valence-electron chi connectivity index (χ0n) is 7.98. The van der Waals surface area contributed by atoms with Gasteiger partial charge in [-0.05, 0) is 6.07 Å². The van der Waals surface area contributed by atoms with Crippen LogP contribution >= 0.6 is 11.6 Å². The molecule has 2 rings (SSSR count). The standard InChI is InChI=1S/C9H8ClN3O2/c1-6(14)15-4-7-2-3-13-8(7)9(10)11-5-12-13/h2-3,5H,4H2,1H3. The summed E-state index contributed by atoms with van der Waals surface area (Å²) in [6, 6.07) is 1.79. The van der Waals surface area contributed by atoms with Crippen molar-refractivity contribution >= 4 is 23.1 Å². The molecule has 0 aliphatic carbocycles. The van der Waals surface area contributed by atoms with E-state index in [1.54, 1.807) is 16.8 Å². The van der Waals surface area contributed by atoms with E-state index in [-0.39, 0.29) is 12.6 Å². The van der Waals surface area contributed by atoms with Crippen LogP contribution in [0.4, 0.5) is 0 Å². The van der Waals surface area contributed by atoms with Gasteiger partial charge in [0, 0.05) is 18.7 Å². The lowest BCUT2D eigenvalue weighted by Gasteiger charge is -2.01. The molecule has 0 atom stereocenters. The number of aromatic nitrogens is 3. The number of halogens is 1. The molecule has 5 nitrogen and oxygen atoms in total. The Morgan fingerprint density at radius 3 is 3.20 bits per heavy atom. The van der Waals surface area contributed by atoms with Gasteiger partial charge in [-0.1, -0.05) is 11.6 Å². The zero-order valence-corrected chi connectivity index (χ0v) is 8.73. The second-order valence-corrected chi connectivity index (χ2v) is 3.32. The van der Waals surface area contributed by atoms with E-state index in [9.17, 15) is 4.79 Å². The summed E-state index contributed by atoms with van der Waals surface area (Å²) in [7, 11) is 0. The van der Waals surface area contributed by atoms with Gasteiger partial charge in [0.2, 0.25) is 0 Å². The zero-order chi connectivity index (χ0) is 10.8. The molecule has 78 valence electrons. The molecule has 0 saturated heterocycles. The lowest BCUT2D eigenvalue weighted by Crippen LogP contribution is -1.99. The van der Waals surface area contributed by atoms with Gasteiger partial charge in [0.1, 0.15) is 18.5 Å². The monoisotopic (exact) mass is 225 g/mol. The predicted octanol–water partition coefficient (Wildman–Crippen LogP) is 1.45. The number of ether oxygens (including phenoxy) is 1. The van der Waals surface area contributed by atoms with Crippen molar-refractivity contribution in [2.75, 3.05) is 0 Å². The number of carbonyl (C=O) groups is 1. The van der Waals surface area contributed by atoms with E-state index in [0.29, 0.717) is 10.7 Å². The van der Waals surface area contributed by atoms with Crippen molar-refractivity contribution in [1.82, 2.24) is 14.6 Å². The summed E-state index contributed by atoms with van der Waals surface area (Å²) < 4.78 is 6.47.